The first-order valence-corrected chi connectivity index (χ1v) is 7.39. The van der Waals surface area contributed by atoms with Crippen molar-refractivity contribution in [3.8, 4) is 5.75 Å². The van der Waals surface area contributed by atoms with E-state index in [1.807, 2.05) is 0 Å². The van der Waals surface area contributed by atoms with Crippen LogP contribution < -0.4 is 10.6 Å². The Bertz CT molecular complexity index is 533. The third-order valence-corrected chi connectivity index (χ3v) is 3.72. The van der Waals surface area contributed by atoms with Crippen LogP contribution in [0, 0.1) is 0 Å². The van der Waals surface area contributed by atoms with Gasteiger partial charge in [0.15, 0.2) is 0 Å². The van der Waals surface area contributed by atoms with Crippen molar-refractivity contribution in [1.29, 1.82) is 0 Å². The number of aromatic hydroxyl groups is 1. The number of amides is 2. The number of hydrogen-bond donors (Lipinski definition) is 4. The van der Waals surface area contributed by atoms with Crippen LogP contribution in [0.3, 0.4) is 0 Å². The summed E-state index contributed by atoms with van der Waals surface area (Å²) in [5.74, 6) is -0.606. The highest BCUT2D eigenvalue weighted by molar-refractivity contribution is 7.84. The molecule has 0 fully saturated rings. The van der Waals surface area contributed by atoms with E-state index < -0.39 is 22.8 Å². The van der Waals surface area contributed by atoms with Crippen molar-refractivity contribution in [3.63, 3.8) is 0 Å². The minimum absolute atomic E-state index is 0.0735. The quantitative estimate of drug-likeness (QED) is 0.584. The van der Waals surface area contributed by atoms with E-state index in [1.165, 1.54) is 12.1 Å². The summed E-state index contributed by atoms with van der Waals surface area (Å²) >= 11 is 0. The molecule has 4 N–H and O–H groups in total. The molecule has 110 valence electrons. The molecule has 0 aromatic heterocycles. The molecule has 20 heavy (non-hydrogen) atoms. The van der Waals surface area contributed by atoms with Crippen LogP contribution in [0.2, 0.25) is 0 Å². The number of phenols is 1. The number of benzene rings is 1. The second-order valence-corrected chi connectivity index (χ2v) is 5.71. The third-order valence-electron chi connectivity index (χ3n) is 2.42. The first-order chi connectivity index (χ1) is 9.43. The molecule has 7 nitrogen and oxygen atoms in total. The second kappa shape index (κ2) is 7.49. The van der Waals surface area contributed by atoms with Gasteiger partial charge in [-0.15, -0.1) is 0 Å². The third kappa shape index (κ3) is 4.88. The Morgan fingerprint density at radius 2 is 2.05 bits per heavy atom. The van der Waals surface area contributed by atoms with Crippen molar-refractivity contribution in [2.45, 2.75) is 6.92 Å². The Labute approximate surface area is 118 Å². The summed E-state index contributed by atoms with van der Waals surface area (Å²) in [7, 11) is -0.974. The van der Waals surface area contributed by atoms with E-state index in [4.69, 9.17) is 5.11 Å². The Morgan fingerprint density at radius 3 is 2.65 bits per heavy atom. The number of carbonyl (C=O) groups is 2. The van der Waals surface area contributed by atoms with Crippen LogP contribution >= 0.6 is 0 Å². The van der Waals surface area contributed by atoms with Crippen molar-refractivity contribution < 1.29 is 24.0 Å². The smallest absolute Gasteiger partial charge is 0.337 e. The highest BCUT2D eigenvalue weighted by atomic mass is 32.2. The Balaban J connectivity index is 2.62. The molecule has 0 radical (unpaired) electrons. The zero-order chi connectivity index (χ0) is 15.1. The predicted octanol–water partition coefficient (Wildman–Crippen LogP) is 0.980. The highest BCUT2D eigenvalue weighted by Gasteiger charge is 2.13. The number of anilines is 1. The number of nitrogens with one attached hydrogen (secondary N) is 2. The molecule has 2 amide bonds. The molecule has 1 rings (SSSR count). The van der Waals surface area contributed by atoms with Gasteiger partial charge in [-0.2, -0.15) is 0 Å². The van der Waals surface area contributed by atoms with Crippen LogP contribution in [0.5, 0.6) is 5.75 Å². The summed E-state index contributed by atoms with van der Waals surface area (Å²) in [4.78, 5) is 22.5. The zero-order valence-corrected chi connectivity index (χ0v) is 11.7. The van der Waals surface area contributed by atoms with Crippen LogP contribution in [0.25, 0.3) is 0 Å². The lowest BCUT2D eigenvalue weighted by atomic mass is 10.1. The number of aromatic carboxylic acids is 1. The average molecular weight is 300 g/mol. The van der Waals surface area contributed by atoms with Gasteiger partial charge in [0, 0.05) is 28.9 Å². The number of carboxylic acids is 1. The molecule has 0 aliphatic heterocycles. The van der Waals surface area contributed by atoms with E-state index in [2.05, 4.69) is 10.6 Å². The second-order valence-electron chi connectivity index (χ2n) is 3.85. The van der Waals surface area contributed by atoms with Crippen molar-refractivity contribution in [3.05, 3.63) is 23.8 Å². The monoisotopic (exact) mass is 300 g/mol. The lowest BCUT2D eigenvalue weighted by Gasteiger charge is -2.10. The van der Waals surface area contributed by atoms with Gasteiger partial charge in [-0.1, -0.05) is 6.92 Å². The molecule has 0 saturated carbocycles. The van der Waals surface area contributed by atoms with Crippen molar-refractivity contribution in [2.75, 3.05) is 23.4 Å². The average Bonchev–Trinajstić information content (AvgIpc) is 2.40. The number of carboxylic acid groups (broad SMARTS) is 1. The molecule has 1 unspecified atom stereocenters. The summed E-state index contributed by atoms with van der Waals surface area (Å²) < 4.78 is 11.2. The summed E-state index contributed by atoms with van der Waals surface area (Å²) in [5.41, 5.74) is -0.137. The molecule has 0 aliphatic rings. The maximum Gasteiger partial charge on any atom is 0.337 e. The van der Waals surface area contributed by atoms with Crippen LogP contribution in [-0.2, 0) is 10.8 Å². The summed E-state index contributed by atoms with van der Waals surface area (Å²) in [6, 6.07) is 3.02. The fourth-order valence-corrected chi connectivity index (χ4v) is 2.03. The van der Waals surface area contributed by atoms with E-state index in [9.17, 15) is 18.9 Å². The van der Waals surface area contributed by atoms with Gasteiger partial charge in [-0.25, -0.2) is 9.59 Å². The predicted molar refractivity (Wildman–Crippen MR) is 75.6 cm³/mol. The van der Waals surface area contributed by atoms with E-state index in [-0.39, 0.29) is 23.5 Å². The Morgan fingerprint density at radius 1 is 1.35 bits per heavy atom. The van der Waals surface area contributed by atoms with Gasteiger partial charge >= 0.3 is 12.0 Å². The largest absolute Gasteiger partial charge is 0.508 e. The topological polar surface area (TPSA) is 116 Å². The van der Waals surface area contributed by atoms with Gasteiger partial charge in [0.05, 0.1) is 11.3 Å². The van der Waals surface area contributed by atoms with Crippen LogP contribution in [0.1, 0.15) is 17.3 Å². The molecule has 0 spiro atoms. The summed E-state index contributed by atoms with van der Waals surface area (Å²) in [6.45, 7) is 2.01. The molecule has 0 aliphatic carbocycles. The molecule has 0 saturated heterocycles. The van der Waals surface area contributed by atoms with Gasteiger partial charge in [-0.05, 0) is 18.2 Å². The van der Waals surface area contributed by atoms with Crippen molar-refractivity contribution in [1.82, 2.24) is 5.32 Å². The first-order valence-electron chi connectivity index (χ1n) is 5.90. The van der Waals surface area contributed by atoms with Gasteiger partial charge in [0.2, 0.25) is 0 Å². The summed E-state index contributed by atoms with van der Waals surface area (Å²) in [6.07, 6.45) is 0. The van der Waals surface area contributed by atoms with Gasteiger partial charge in [0.25, 0.3) is 0 Å². The van der Waals surface area contributed by atoms with Crippen molar-refractivity contribution in [2.24, 2.45) is 0 Å². The SMILES string of the molecule is CCS(=O)CCNC(=O)Nc1ccc(O)cc1C(=O)O. The molecule has 1 atom stereocenters. The minimum atomic E-state index is -1.26. The normalized spacial score (nSPS) is 11.7. The Kier molecular flexibility index (Phi) is 5.98. The van der Waals surface area contributed by atoms with E-state index in [0.717, 1.165) is 6.07 Å². The molecule has 0 heterocycles. The summed E-state index contributed by atoms with van der Waals surface area (Å²) in [5, 5.41) is 23.0. The molecule has 1 aromatic rings. The van der Waals surface area contributed by atoms with Gasteiger partial charge < -0.3 is 20.8 Å². The fourth-order valence-electron chi connectivity index (χ4n) is 1.41. The molecule has 0 bridgehead atoms. The van der Waals surface area contributed by atoms with Gasteiger partial charge in [-0.3, -0.25) is 4.21 Å². The molecular formula is C12H16N2O5S. The standard InChI is InChI=1S/C12H16N2O5S/c1-2-20(19)6-5-13-12(18)14-10-4-3-8(15)7-9(10)11(16)17/h3-4,7,15H,2,5-6H2,1H3,(H,16,17)(H2,13,14,18). The number of rotatable bonds is 6. The fraction of sp³-hybridized carbons (Fsp3) is 0.333. The van der Waals surface area contributed by atoms with E-state index >= 15 is 0 Å². The van der Waals surface area contributed by atoms with Gasteiger partial charge in [0.1, 0.15) is 5.75 Å². The van der Waals surface area contributed by atoms with Crippen molar-refractivity contribution >= 4 is 28.5 Å². The van der Waals surface area contributed by atoms with E-state index in [0.29, 0.717) is 11.5 Å². The number of carbonyl (C=O) groups excluding carboxylic acids is 1. The number of phenolic OH excluding ortho intramolecular Hbond substituents is 1. The van der Waals surface area contributed by atoms with Crippen LogP contribution in [-0.4, -0.2) is 44.5 Å². The zero-order valence-electron chi connectivity index (χ0n) is 10.9. The van der Waals surface area contributed by atoms with Crippen LogP contribution in [0.15, 0.2) is 18.2 Å². The Hall–Kier alpha value is -2.09. The number of urea groups is 1. The first kappa shape index (κ1) is 16.0. The molecule has 1 aromatic carbocycles. The maximum atomic E-state index is 11.6. The molecular weight excluding hydrogens is 284 g/mol. The van der Waals surface area contributed by atoms with Crippen LogP contribution in [0.4, 0.5) is 10.5 Å². The highest BCUT2D eigenvalue weighted by Crippen LogP contribution is 2.21. The number of hydrogen-bond acceptors (Lipinski definition) is 4. The lowest BCUT2D eigenvalue weighted by Crippen LogP contribution is -2.32. The maximum absolute atomic E-state index is 11.6. The molecule has 8 heteroatoms. The lowest BCUT2D eigenvalue weighted by molar-refractivity contribution is 0.0697. The minimum Gasteiger partial charge on any atom is -0.508 e. The van der Waals surface area contributed by atoms with E-state index in [1.54, 1.807) is 6.92 Å².